The number of nitrogens with zero attached hydrogens (tertiary/aromatic N) is 1. The number of aromatic nitrogens is 1. The molecule has 5 nitrogen and oxygen atoms in total. The van der Waals surface area contributed by atoms with Crippen molar-refractivity contribution in [2.75, 3.05) is 28.4 Å². The lowest BCUT2D eigenvalue weighted by Crippen LogP contribution is -3.00. The summed E-state index contributed by atoms with van der Waals surface area (Å²) in [6, 6.07) is 10.3. The lowest BCUT2D eigenvalue weighted by Gasteiger charge is -2.19. The predicted molar refractivity (Wildman–Crippen MR) is 99.5 cm³/mol. The van der Waals surface area contributed by atoms with Crippen LogP contribution in [0.2, 0.25) is 0 Å². The molecule has 2 heterocycles. The molecule has 1 aromatic heterocycles. The molecule has 142 valence electrons. The van der Waals surface area contributed by atoms with E-state index >= 15 is 0 Å². The van der Waals surface area contributed by atoms with Gasteiger partial charge in [0.2, 0.25) is 5.69 Å². The second-order valence-electron chi connectivity index (χ2n) is 6.27. The van der Waals surface area contributed by atoms with Crippen LogP contribution in [0.15, 0.2) is 36.5 Å². The van der Waals surface area contributed by atoms with Crippen LogP contribution in [0.5, 0.6) is 23.0 Å². The Balaban J connectivity index is 0.00000210. The van der Waals surface area contributed by atoms with E-state index in [-0.39, 0.29) is 24.0 Å². The molecule has 3 aromatic rings. The van der Waals surface area contributed by atoms with E-state index in [1.165, 1.54) is 11.1 Å². The van der Waals surface area contributed by atoms with E-state index in [1.807, 2.05) is 6.07 Å². The van der Waals surface area contributed by atoms with Crippen LogP contribution in [0, 0.1) is 0 Å². The summed E-state index contributed by atoms with van der Waals surface area (Å²) >= 11 is 0. The molecule has 0 atom stereocenters. The summed E-state index contributed by atoms with van der Waals surface area (Å²) in [5.41, 5.74) is 3.60. The molecule has 1 aliphatic heterocycles. The SMILES string of the molecule is COc1cc2c(cc1OC)-c1cc3ccc(OC)c(OC)c3c[n+]1CC2.[I-]. The molecule has 4 rings (SSSR count). The molecule has 0 radical (unpaired) electrons. The third kappa shape index (κ3) is 3.16. The molecule has 2 aromatic carbocycles. The number of rotatable bonds is 4. The third-order valence-electron chi connectivity index (χ3n) is 5.01. The minimum Gasteiger partial charge on any atom is -1.00 e. The van der Waals surface area contributed by atoms with Crippen LogP contribution in [0.1, 0.15) is 5.56 Å². The summed E-state index contributed by atoms with van der Waals surface area (Å²) in [4.78, 5) is 0. The van der Waals surface area contributed by atoms with Crippen molar-refractivity contribution in [3.8, 4) is 34.3 Å². The van der Waals surface area contributed by atoms with E-state index in [4.69, 9.17) is 18.9 Å². The molecule has 0 N–H and O–H groups in total. The molecular formula is C21H22INO4. The van der Waals surface area contributed by atoms with Crippen LogP contribution in [0.25, 0.3) is 22.0 Å². The van der Waals surface area contributed by atoms with Crippen LogP contribution >= 0.6 is 0 Å². The Kier molecular flexibility index (Phi) is 5.64. The molecule has 0 aliphatic carbocycles. The van der Waals surface area contributed by atoms with Gasteiger partial charge in [-0.05, 0) is 35.2 Å². The van der Waals surface area contributed by atoms with E-state index in [2.05, 4.69) is 35.0 Å². The van der Waals surface area contributed by atoms with Crippen molar-refractivity contribution >= 4 is 10.8 Å². The summed E-state index contributed by atoms with van der Waals surface area (Å²) in [7, 11) is 6.67. The molecule has 27 heavy (non-hydrogen) atoms. The van der Waals surface area contributed by atoms with Gasteiger partial charge in [-0.15, -0.1) is 0 Å². The van der Waals surface area contributed by atoms with Gasteiger partial charge in [0.15, 0.2) is 35.7 Å². The van der Waals surface area contributed by atoms with E-state index in [1.54, 1.807) is 28.4 Å². The molecule has 0 fully saturated rings. The lowest BCUT2D eigenvalue weighted by atomic mass is 9.95. The number of methoxy groups -OCH3 is 4. The molecule has 1 aliphatic rings. The zero-order valence-electron chi connectivity index (χ0n) is 15.8. The monoisotopic (exact) mass is 479 g/mol. The lowest BCUT2D eigenvalue weighted by molar-refractivity contribution is -0.686. The van der Waals surface area contributed by atoms with Gasteiger partial charge in [0, 0.05) is 12.5 Å². The van der Waals surface area contributed by atoms with Gasteiger partial charge in [0.05, 0.1) is 39.4 Å². The fraction of sp³-hybridized carbons (Fsp3) is 0.286. The molecule has 0 saturated heterocycles. The fourth-order valence-electron chi connectivity index (χ4n) is 3.71. The maximum atomic E-state index is 5.60. The highest BCUT2D eigenvalue weighted by Crippen LogP contribution is 2.39. The molecule has 0 amide bonds. The second kappa shape index (κ2) is 7.80. The number of halogens is 1. The Morgan fingerprint density at radius 3 is 2.19 bits per heavy atom. The van der Waals surface area contributed by atoms with Gasteiger partial charge in [-0.2, -0.15) is 4.57 Å². The van der Waals surface area contributed by atoms with Crippen molar-refractivity contribution in [1.29, 1.82) is 0 Å². The number of pyridine rings is 1. The summed E-state index contributed by atoms with van der Waals surface area (Å²) in [5, 5.41) is 2.15. The number of aryl methyl sites for hydroxylation is 2. The Bertz CT molecular complexity index is 1000. The maximum Gasteiger partial charge on any atom is 0.213 e. The second-order valence-corrected chi connectivity index (χ2v) is 6.27. The summed E-state index contributed by atoms with van der Waals surface area (Å²) in [6.45, 7) is 0.897. The van der Waals surface area contributed by atoms with Gasteiger partial charge in [0.1, 0.15) is 0 Å². The highest BCUT2D eigenvalue weighted by molar-refractivity contribution is 5.91. The highest BCUT2D eigenvalue weighted by Gasteiger charge is 2.27. The summed E-state index contributed by atoms with van der Waals surface area (Å²) in [6.07, 6.45) is 3.08. The number of ether oxygens (including phenoxy) is 4. The van der Waals surface area contributed by atoms with Crippen LogP contribution in [-0.4, -0.2) is 28.4 Å². The minimum atomic E-state index is 0. The first kappa shape index (κ1) is 19.5. The predicted octanol–water partition coefficient (Wildman–Crippen LogP) is 0.389. The largest absolute Gasteiger partial charge is 1.00 e. The zero-order valence-corrected chi connectivity index (χ0v) is 18.0. The Labute approximate surface area is 175 Å². The first-order chi connectivity index (χ1) is 12.7. The van der Waals surface area contributed by atoms with Gasteiger partial charge in [-0.1, -0.05) is 0 Å². The number of hydrogen-bond donors (Lipinski definition) is 0. The van der Waals surface area contributed by atoms with Crippen molar-refractivity contribution in [1.82, 2.24) is 0 Å². The van der Waals surface area contributed by atoms with Gasteiger partial charge in [-0.25, -0.2) is 0 Å². The minimum absolute atomic E-state index is 0. The molecule has 0 saturated carbocycles. The van der Waals surface area contributed by atoms with E-state index in [9.17, 15) is 0 Å². The van der Waals surface area contributed by atoms with E-state index in [0.29, 0.717) is 0 Å². The smallest absolute Gasteiger partial charge is 0.213 e. The maximum absolute atomic E-state index is 5.60. The van der Waals surface area contributed by atoms with E-state index < -0.39 is 0 Å². The molecule has 0 bridgehead atoms. The summed E-state index contributed by atoms with van der Waals surface area (Å²) in [5.74, 6) is 3.01. The first-order valence-corrected chi connectivity index (χ1v) is 8.53. The van der Waals surface area contributed by atoms with Crippen LogP contribution in [0.3, 0.4) is 0 Å². The standard InChI is InChI=1S/C21H22NO4.HI/c1-23-18-6-5-13-9-17-15-11-20(25-3)19(24-2)10-14(15)7-8-22(17)12-16(13)21(18)26-4;/h5-6,9-12H,7-8H2,1-4H3;1H/q+1;/p-1. The topological polar surface area (TPSA) is 40.8 Å². The third-order valence-corrected chi connectivity index (χ3v) is 5.01. The average molecular weight is 479 g/mol. The van der Waals surface area contributed by atoms with Crippen molar-refractivity contribution in [3.05, 3.63) is 42.1 Å². The first-order valence-electron chi connectivity index (χ1n) is 8.53. The van der Waals surface area contributed by atoms with Gasteiger partial charge >= 0.3 is 0 Å². The number of fused-ring (bicyclic) bond motifs is 4. The fourth-order valence-corrected chi connectivity index (χ4v) is 3.71. The molecule has 6 heteroatoms. The zero-order chi connectivity index (χ0) is 18.3. The summed E-state index contributed by atoms with van der Waals surface area (Å²) < 4.78 is 24.3. The van der Waals surface area contributed by atoms with Gasteiger partial charge in [-0.3, -0.25) is 0 Å². The van der Waals surface area contributed by atoms with Gasteiger partial charge in [0.25, 0.3) is 0 Å². The molecular weight excluding hydrogens is 457 g/mol. The van der Waals surface area contributed by atoms with Crippen molar-refractivity contribution < 1.29 is 47.5 Å². The molecule has 0 unspecified atom stereocenters. The van der Waals surface area contributed by atoms with E-state index in [0.717, 1.165) is 52.4 Å². The Hall–Kier alpha value is -2.22. The number of benzene rings is 2. The van der Waals surface area contributed by atoms with Gasteiger partial charge < -0.3 is 42.9 Å². The van der Waals surface area contributed by atoms with Crippen molar-refractivity contribution in [3.63, 3.8) is 0 Å². The average Bonchev–Trinajstić information content (AvgIpc) is 2.70. The van der Waals surface area contributed by atoms with Crippen LogP contribution < -0.4 is 47.5 Å². The quantitative estimate of drug-likeness (QED) is 0.401. The number of hydrogen-bond acceptors (Lipinski definition) is 4. The van der Waals surface area contributed by atoms with Crippen LogP contribution in [0.4, 0.5) is 0 Å². The van der Waals surface area contributed by atoms with Crippen molar-refractivity contribution in [2.45, 2.75) is 13.0 Å². The molecule has 0 spiro atoms. The highest BCUT2D eigenvalue weighted by atomic mass is 127. The van der Waals surface area contributed by atoms with Crippen LogP contribution in [-0.2, 0) is 13.0 Å². The Morgan fingerprint density at radius 1 is 0.815 bits per heavy atom. The normalized spacial score (nSPS) is 11.9. The van der Waals surface area contributed by atoms with Crippen molar-refractivity contribution in [2.24, 2.45) is 0 Å². The Morgan fingerprint density at radius 2 is 1.52 bits per heavy atom.